The lowest BCUT2D eigenvalue weighted by Gasteiger charge is -2.20. The number of aryl methyl sites for hydroxylation is 1. The van der Waals surface area contributed by atoms with Crippen molar-refractivity contribution in [2.24, 2.45) is 11.8 Å². The number of pyridine rings is 2. The highest BCUT2D eigenvalue weighted by molar-refractivity contribution is 5.92. The Balaban J connectivity index is 1.38. The maximum Gasteiger partial charge on any atom is 0.272 e. The molecule has 6 heteroatoms. The first kappa shape index (κ1) is 16.0. The second kappa shape index (κ2) is 6.80. The molecule has 2 aliphatic heterocycles. The van der Waals surface area contributed by atoms with Crippen molar-refractivity contribution in [1.82, 2.24) is 14.9 Å². The quantitative estimate of drug-likeness (QED) is 0.923. The number of rotatable bonds is 4. The van der Waals surface area contributed by atoms with Gasteiger partial charge < -0.3 is 15.0 Å². The lowest BCUT2D eigenvalue weighted by Crippen LogP contribution is -2.32. The molecule has 2 fully saturated rings. The SMILES string of the molecule is Cc1cccc(C(=O)N2C[C@@H]3[C@H](CNc4ccccn4)CO[C@@H]3C2)n1. The maximum atomic E-state index is 12.7. The molecule has 6 nitrogen and oxygen atoms in total. The molecule has 4 rings (SSSR count). The zero-order chi connectivity index (χ0) is 17.2. The summed E-state index contributed by atoms with van der Waals surface area (Å²) in [5.41, 5.74) is 1.38. The van der Waals surface area contributed by atoms with E-state index in [-0.39, 0.29) is 12.0 Å². The van der Waals surface area contributed by atoms with Crippen LogP contribution in [0.2, 0.25) is 0 Å². The second-order valence-electron chi connectivity index (χ2n) is 6.77. The van der Waals surface area contributed by atoms with E-state index in [1.807, 2.05) is 42.2 Å². The maximum absolute atomic E-state index is 12.7. The Labute approximate surface area is 147 Å². The normalized spacial score (nSPS) is 25.0. The van der Waals surface area contributed by atoms with Gasteiger partial charge in [-0.05, 0) is 31.2 Å². The highest BCUT2D eigenvalue weighted by atomic mass is 16.5. The van der Waals surface area contributed by atoms with E-state index in [9.17, 15) is 4.79 Å². The van der Waals surface area contributed by atoms with E-state index >= 15 is 0 Å². The van der Waals surface area contributed by atoms with Gasteiger partial charge in [-0.3, -0.25) is 4.79 Å². The summed E-state index contributed by atoms with van der Waals surface area (Å²) in [5.74, 6) is 1.62. The topological polar surface area (TPSA) is 67.4 Å². The van der Waals surface area contributed by atoms with Gasteiger partial charge in [-0.15, -0.1) is 0 Å². The predicted molar refractivity (Wildman–Crippen MR) is 94.3 cm³/mol. The minimum Gasteiger partial charge on any atom is -0.376 e. The van der Waals surface area contributed by atoms with E-state index in [4.69, 9.17) is 4.74 Å². The molecule has 0 aliphatic carbocycles. The van der Waals surface area contributed by atoms with Crippen LogP contribution in [0.4, 0.5) is 5.82 Å². The number of nitrogens with zero attached hydrogens (tertiary/aromatic N) is 3. The molecule has 2 aromatic rings. The average molecular weight is 338 g/mol. The Kier molecular flexibility index (Phi) is 4.36. The molecule has 0 bridgehead atoms. The molecule has 0 spiro atoms. The molecule has 1 amide bonds. The Hall–Kier alpha value is -2.47. The second-order valence-corrected chi connectivity index (χ2v) is 6.77. The van der Waals surface area contributed by atoms with Gasteiger partial charge in [0.15, 0.2) is 0 Å². The molecule has 0 saturated carbocycles. The van der Waals surface area contributed by atoms with Crippen molar-refractivity contribution in [3.8, 4) is 0 Å². The number of hydrogen-bond acceptors (Lipinski definition) is 5. The molecule has 0 aromatic carbocycles. The summed E-state index contributed by atoms with van der Waals surface area (Å²) >= 11 is 0. The summed E-state index contributed by atoms with van der Waals surface area (Å²) in [6.07, 6.45) is 1.91. The highest BCUT2D eigenvalue weighted by Crippen LogP contribution is 2.34. The van der Waals surface area contributed by atoms with Crippen molar-refractivity contribution in [2.45, 2.75) is 13.0 Å². The number of aromatic nitrogens is 2. The third-order valence-corrected chi connectivity index (χ3v) is 5.04. The summed E-state index contributed by atoms with van der Waals surface area (Å²) in [6, 6.07) is 11.4. The fourth-order valence-electron chi connectivity index (χ4n) is 3.70. The van der Waals surface area contributed by atoms with Crippen LogP contribution in [0.5, 0.6) is 0 Å². The summed E-state index contributed by atoms with van der Waals surface area (Å²) in [6.45, 7) is 4.83. The van der Waals surface area contributed by atoms with E-state index in [2.05, 4.69) is 15.3 Å². The minimum atomic E-state index is -0.00173. The van der Waals surface area contributed by atoms with Crippen molar-refractivity contribution in [3.63, 3.8) is 0 Å². The number of anilines is 1. The predicted octanol–water partition coefficient (Wildman–Crippen LogP) is 1.98. The smallest absolute Gasteiger partial charge is 0.272 e. The van der Waals surface area contributed by atoms with Crippen LogP contribution < -0.4 is 5.32 Å². The lowest BCUT2D eigenvalue weighted by atomic mass is 9.93. The van der Waals surface area contributed by atoms with Crippen LogP contribution in [0.1, 0.15) is 16.2 Å². The number of likely N-dealkylation sites (tertiary alicyclic amines) is 1. The molecular weight excluding hydrogens is 316 g/mol. The summed E-state index contributed by atoms with van der Waals surface area (Å²) < 4.78 is 5.94. The van der Waals surface area contributed by atoms with Gasteiger partial charge in [0.1, 0.15) is 11.5 Å². The Morgan fingerprint density at radius 1 is 1.28 bits per heavy atom. The van der Waals surface area contributed by atoms with Gasteiger partial charge in [-0.2, -0.15) is 0 Å². The Bertz CT molecular complexity index is 752. The lowest BCUT2D eigenvalue weighted by molar-refractivity contribution is 0.0675. The van der Waals surface area contributed by atoms with Gasteiger partial charge in [-0.25, -0.2) is 9.97 Å². The van der Waals surface area contributed by atoms with E-state index < -0.39 is 0 Å². The summed E-state index contributed by atoms with van der Waals surface area (Å²) in [5, 5.41) is 3.38. The van der Waals surface area contributed by atoms with Gasteiger partial charge in [-0.1, -0.05) is 12.1 Å². The van der Waals surface area contributed by atoms with Gasteiger partial charge >= 0.3 is 0 Å². The number of amides is 1. The average Bonchev–Trinajstić information content (AvgIpc) is 3.21. The molecule has 2 aromatic heterocycles. The summed E-state index contributed by atoms with van der Waals surface area (Å²) in [4.78, 5) is 23.2. The molecule has 4 heterocycles. The zero-order valence-electron chi connectivity index (χ0n) is 14.3. The largest absolute Gasteiger partial charge is 0.376 e. The first-order valence-corrected chi connectivity index (χ1v) is 8.70. The van der Waals surface area contributed by atoms with Crippen LogP contribution >= 0.6 is 0 Å². The van der Waals surface area contributed by atoms with E-state index in [1.165, 1.54) is 0 Å². The molecule has 1 N–H and O–H groups in total. The fraction of sp³-hybridized carbons (Fsp3) is 0.421. The van der Waals surface area contributed by atoms with Crippen LogP contribution in [0, 0.1) is 18.8 Å². The first-order valence-electron chi connectivity index (χ1n) is 8.70. The van der Waals surface area contributed by atoms with Crippen molar-refractivity contribution < 1.29 is 9.53 Å². The molecule has 2 saturated heterocycles. The molecule has 2 aliphatic rings. The molecule has 130 valence electrons. The van der Waals surface area contributed by atoms with Gasteiger partial charge in [0, 0.05) is 43.4 Å². The van der Waals surface area contributed by atoms with Crippen LogP contribution in [-0.4, -0.2) is 53.1 Å². The number of hydrogen-bond donors (Lipinski definition) is 1. The number of carbonyl (C=O) groups is 1. The van der Waals surface area contributed by atoms with E-state index in [0.717, 1.165) is 31.2 Å². The van der Waals surface area contributed by atoms with Gasteiger partial charge in [0.05, 0.1) is 12.7 Å². The molecule has 3 atom stereocenters. The van der Waals surface area contributed by atoms with Crippen LogP contribution in [0.15, 0.2) is 42.6 Å². The Morgan fingerprint density at radius 3 is 3.00 bits per heavy atom. The van der Waals surface area contributed by atoms with Gasteiger partial charge in [0.2, 0.25) is 0 Å². The van der Waals surface area contributed by atoms with Crippen molar-refractivity contribution in [1.29, 1.82) is 0 Å². The molecule has 25 heavy (non-hydrogen) atoms. The summed E-state index contributed by atoms with van der Waals surface area (Å²) in [7, 11) is 0. The third-order valence-electron chi connectivity index (χ3n) is 5.04. The third kappa shape index (κ3) is 3.35. The van der Waals surface area contributed by atoms with E-state index in [1.54, 1.807) is 12.3 Å². The monoisotopic (exact) mass is 338 g/mol. The number of fused-ring (bicyclic) bond motifs is 1. The van der Waals surface area contributed by atoms with Crippen molar-refractivity contribution in [3.05, 3.63) is 54.0 Å². The van der Waals surface area contributed by atoms with Crippen LogP contribution in [0.25, 0.3) is 0 Å². The first-order chi connectivity index (χ1) is 12.2. The standard InChI is InChI=1S/C19H22N4O2/c1-13-5-4-6-16(22-13)19(24)23-10-15-14(12-25-17(15)11-23)9-21-18-7-2-3-8-20-18/h2-8,14-15,17H,9-12H2,1H3,(H,20,21)/t14-,15-,17-/m1/s1. The zero-order valence-corrected chi connectivity index (χ0v) is 14.3. The van der Waals surface area contributed by atoms with E-state index in [0.29, 0.717) is 24.1 Å². The molecule has 0 radical (unpaired) electrons. The highest BCUT2D eigenvalue weighted by Gasteiger charge is 2.45. The fourth-order valence-corrected chi connectivity index (χ4v) is 3.70. The number of nitrogens with one attached hydrogen (secondary N) is 1. The minimum absolute atomic E-state index is 0.00173. The molecule has 0 unspecified atom stereocenters. The number of carbonyl (C=O) groups excluding carboxylic acids is 1. The van der Waals surface area contributed by atoms with Gasteiger partial charge in [0.25, 0.3) is 5.91 Å². The molecular formula is C19H22N4O2. The van der Waals surface area contributed by atoms with Crippen molar-refractivity contribution in [2.75, 3.05) is 31.6 Å². The van der Waals surface area contributed by atoms with Crippen LogP contribution in [0.3, 0.4) is 0 Å². The van der Waals surface area contributed by atoms with Crippen molar-refractivity contribution >= 4 is 11.7 Å². The number of ether oxygens (including phenoxy) is 1. The van der Waals surface area contributed by atoms with Crippen LogP contribution in [-0.2, 0) is 4.74 Å². The Morgan fingerprint density at radius 2 is 2.20 bits per heavy atom.